The third-order valence-electron chi connectivity index (χ3n) is 2.78. The normalized spacial score (nSPS) is 16.1. The molecule has 17 heavy (non-hydrogen) atoms. The zero-order chi connectivity index (χ0) is 12.5. The summed E-state index contributed by atoms with van der Waals surface area (Å²) in [7, 11) is 1.72. The average Bonchev–Trinajstić information content (AvgIpc) is 2.95. The molecule has 0 aromatic carbocycles. The van der Waals surface area contributed by atoms with Crippen LogP contribution in [0.4, 0.5) is 0 Å². The van der Waals surface area contributed by atoms with Crippen LogP contribution >= 0.6 is 0 Å². The molecular formula is C11H13N3O3. The topological polar surface area (TPSA) is 73.5 Å². The number of aliphatic imine (C=N–C) groups is 1. The third kappa shape index (κ3) is 1.99. The number of aryl methyl sites for hydroxylation is 1. The molecule has 0 aliphatic heterocycles. The lowest BCUT2D eigenvalue weighted by Gasteiger charge is -2.06. The first-order valence-corrected chi connectivity index (χ1v) is 5.43. The standard InChI is InChI=1S/C11H13N3O3/c1-3-17-10(16)9-8(6-14(2)13-9)11(4-5-11)12-7-15/h6H,3-5H2,1-2H3. The van der Waals surface area contributed by atoms with Crippen LogP contribution in [0, 0.1) is 0 Å². The van der Waals surface area contributed by atoms with Crippen molar-refractivity contribution in [3.8, 4) is 0 Å². The quantitative estimate of drug-likeness (QED) is 0.442. The van der Waals surface area contributed by atoms with Gasteiger partial charge >= 0.3 is 5.97 Å². The van der Waals surface area contributed by atoms with E-state index >= 15 is 0 Å². The number of carbonyl (C=O) groups is 1. The maximum absolute atomic E-state index is 11.7. The fraction of sp³-hybridized carbons (Fsp3) is 0.545. The molecule has 0 N–H and O–H groups in total. The number of aromatic nitrogens is 2. The molecule has 6 heteroatoms. The van der Waals surface area contributed by atoms with Gasteiger partial charge in [-0.25, -0.2) is 9.59 Å². The summed E-state index contributed by atoms with van der Waals surface area (Å²) in [5.74, 6) is -0.476. The van der Waals surface area contributed by atoms with E-state index in [4.69, 9.17) is 4.74 Å². The monoisotopic (exact) mass is 235 g/mol. The zero-order valence-corrected chi connectivity index (χ0v) is 9.77. The van der Waals surface area contributed by atoms with E-state index in [-0.39, 0.29) is 5.69 Å². The SMILES string of the molecule is CCOC(=O)c1nn(C)cc1C1(N=C=O)CC1. The summed E-state index contributed by atoms with van der Waals surface area (Å²) >= 11 is 0. The van der Waals surface area contributed by atoms with Crippen LogP contribution in [-0.2, 0) is 22.1 Å². The number of isocyanates is 1. The molecule has 1 aromatic rings. The molecule has 1 fully saturated rings. The lowest BCUT2D eigenvalue weighted by atomic mass is 10.1. The summed E-state index contributed by atoms with van der Waals surface area (Å²) in [6.45, 7) is 2.02. The van der Waals surface area contributed by atoms with Crippen LogP contribution in [0.15, 0.2) is 11.2 Å². The summed E-state index contributed by atoms with van der Waals surface area (Å²) in [6, 6.07) is 0. The Balaban J connectivity index is 2.41. The van der Waals surface area contributed by atoms with Crippen molar-refractivity contribution < 1.29 is 14.3 Å². The van der Waals surface area contributed by atoms with Gasteiger partial charge in [0.1, 0.15) is 5.54 Å². The molecule has 6 nitrogen and oxygen atoms in total. The van der Waals surface area contributed by atoms with Gasteiger partial charge in [0.25, 0.3) is 0 Å². The lowest BCUT2D eigenvalue weighted by molar-refractivity contribution is 0.0516. The van der Waals surface area contributed by atoms with Crippen LogP contribution in [0.3, 0.4) is 0 Å². The van der Waals surface area contributed by atoms with E-state index in [1.807, 2.05) is 0 Å². The second kappa shape index (κ2) is 4.14. The van der Waals surface area contributed by atoms with Crippen LogP contribution in [0.2, 0.25) is 0 Å². The van der Waals surface area contributed by atoms with Crippen LogP contribution < -0.4 is 0 Å². The Morgan fingerprint density at radius 3 is 2.94 bits per heavy atom. The summed E-state index contributed by atoms with van der Waals surface area (Å²) in [6.07, 6.45) is 4.74. The molecular weight excluding hydrogens is 222 g/mol. The smallest absolute Gasteiger partial charge is 0.359 e. The van der Waals surface area contributed by atoms with E-state index in [1.54, 1.807) is 26.2 Å². The Bertz CT molecular complexity index is 496. The number of ether oxygens (including phenoxy) is 1. The van der Waals surface area contributed by atoms with Crippen LogP contribution in [0.5, 0.6) is 0 Å². The van der Waals surface area contributed by atoms with E-state index in [0.717, 1.165) is 12.8 Å². The van der Waals surface area contributed by atoms with Gasteiger partial charge in [-0.1, -0.05) is 0 Å². The molecule has 0 radical (unpaired) electrons. The Morgan fingerprint density at radius 2 is 2.41 bits per heavy atom. The molecule has 0 amide bonds. The first-order chi connectivity index (χ1) is 8.13. The molecule has 1 heterocycles. The van der Waals surface area contributed by atoms with Gasteiger partial charge in [-0.05, 0) is 19.8 Å². The largest absolute Gasteiger partial charge is 0.461 e. The number of rotatable bonds is 4. The van der Waals surface area contributed by atoms with Gasteiger partial charge in [-0.2, -0.15) is 10.1 Å². The molecule has 1 saturated carbocycles. The Hall–Kier alpha value is -1.94. The molecule has 2 rings (SSSR count). The number of carbonyl (C=O) groups excluding carboxylic acids is 2. The molecule has 90 valence electrons. The van der Waals surface area contributed by atoms with Crippen LogP contribution in [0.25, 0.3) is 0 Å². The van der Waals surface area contributed by atoms with Gasteiger partial charge in [0, 0.05) is 18.8 Å². The fourth-order valence-electron chi connectivity index (χ4n) is 1.83. The van der Waals surface area contributed by atoms with E-state index in [0.29, 0.717) is 12.2 Å². The molecule has 1 aromatic heterocycles. The van der Waals surface area contributed by atoms with Crippen molar-refractivity contribution in [3.63, 3.8) is 0 Å². The van der Waals surface area contributed by atoms with E-state index in [2.05, 4.69) is 10.1 Å². The van der Waals surface area contributed by atoms with Gasteiger partial charge in [0.05, 0.1) is 6.61 Å². The molecule has 0 atom stereocenters. The van der Waals surface area contributed by atoms with Crippen molar-refractivity contribution in [1.82, 2.24) is 9.78 Å². The second-order valence-corrected chi connectivity index (χ2v) is 4.02. The average molecular weight is 235 g/mol. The maximum atomic E-state index is 11.7. The van der Waals surface area contributed by atoms with E-state index in [9.17, 15) is 9.59 Å². The lowest BCUT2D eigenvalue weighted by Crippen LogP contribution is -2.12. The Kier molecular flexibility index (Phi) is 2.81. The Labute approximate surface area is 98.3 Å². The second-order valence-electron chi connectivity index (χ2n) is 4.02. The van der Waals surface area contributed by atoms with Crippen LogP contribution in [0.1, 0.15) is 35.8 Å². The predicted molar refractivity (Wildman–Crippen MR) is 58.2 cm³/mol. The number of esters is 1. The van der Waals surface area contributed by atoms with Gasteiger partial charge in [0.2, 0.25) is 6.08 Å². The molecule has 0 unspecified atom stereocenters. The maximum Gasteiger partial charge on any atom is 0.359 e. The first-order valence-electron chi connectivity index (χ1n) is 5.43. The highest BCUT2D eigenvalue weighted by molar-refractivity contribution is 5.89. The summed E-state index contributed by atoms with van der Waals surface area (Å²) in [5, 5.41) is 4.07. The summed E-state index contributed by atoms with van der Waals surface area (Å²) < 4.78 is 6.46. The van der Waals surface area contributed by atoms with Crippen molar-refractivity contribution in [3.05, 3.63) is 17.5 Å². The van der Waals surface area contributed by atoms with Gasteiger partial charge in [-0.15, -0.1) is 0 Å². The minimum Gasteiger partial charge on any atom is -0.461 e. The van der Waals surface area contributed by atoms with Gasteiger partial charge < -0.3 is 4.74 Å². The third-order valence-corrected chi connectivity index (χ3v) is 2.78. The molecule has 0 spiro atoms. The van der Waals surface area contributed by atoms with Crippen molar-refractivity contribution >= 4 is 12.0 Å². The highest BCUT2D eigenvalue weighted by Crippen LogP contribution is 2.50. The number of hydrogen-bond donors (Lipinski definition) is 0. The highest BCUT2D eigenvalue weighted by Gasteiger charge is 2.48. The minimum absolute atomic E-state index is 0.242. The van der Waals surface area contributed by atoms with E-state index < -0.39 is 11.5 Å². The fourth-order valence-corrected chi connectivity index (χ4v) is 1.83. The van der Waals surface area contributed by atoms with Gasteiger partial charge in [-0.3, -0.25) is 4.68 Å². The Morgan fingerprint density at radius 1 is 1.71 bits per heavy atom. The van der Waals surface area contributed by atoms with Crippen molar-refractivity contribution in [2.75, 3.05) is 6.61 Å². The van der Waals surface area contributed by atoms with Crippen LogP contribution in [-0.4, -0.2) is 28.4 Å². The van der Waals surface area contributed by atoms with Crippen molar-refractivity contribution in [2.24, 2.45) is 12.0 Å². The molecule has 0 saturated heterocycles. The first kappa shape index (κ1) is 11.5. The number of nitrogens with zero attached hydrogens (tertiary/aromatic N) is 3. The molecule has 1 aliphatic rings. The van der Waals surface area contributed by atoms with E-state index in [1.165, 1.54) is 4.68 Å². The molecule has 0 bridgehead atoms. The van der Waals surface area contributed by atoms with Crippen molar-refractivity contribution in [2.45, 2.75) is 25.3 Å². The highest BCUT2D eigenvalue weighted by atomic mass is 16.5. The zero-order valence-electron chi connectivity index (χ0n) is 9.77. The molecule has 1 aliphatic carbocycles. The summed E-state index contributed by atoms with van der Waals surface area (Å²) in [4.78, 5) is 25.9. The van der Waals surface area contributed by atoms with Crippen molar-refractivity contribution in [1.29, 1.82) is 0 Å². The van der Waals surface area contributed by atoms with Gasteiger partial charge in [0.15, 0.2) is 5.69 Å². The predicted octanol–water partition coefficient (Wildman–Crippen LogP) is 0.922. The number of hydrogen-bond acceptors (Lipinski definition) is 5. The summed E-state index contributed by atoms with van der Waals surface area (Å²) in [5.41, 5.74) is 0.297. The minimum atomic E-state index is -0.599.